The maximum atomic E-state index is 5.77. The third-order valence-electron chi connectivity index (χ3n) is 2.59. The Labute approximate surface area is 96.5 Å². The first-order valence-electron chi connectivity index (χ1n) is 5.52. The van der Waals surface area contributed by atoms with Gasteiger partial charge >= 0.3 is 0 Å². The van der Waals surface area contributed by atoms with Crippen molar-refractivity contribution < 1.29 is 4.74 Å². The number of nitrogens with two attached hydrogens (primary N) is 1. The predicted molar refractivity (Wildman–Crippen MR) is 68.0 cm³/mol. The van der Waals surface area contributed by atoms with Crippen molar-refractivity contribution in [2.24, 2.45) is 0 Å². The number of ether oxygens (including phenoxy) is 1. The topological polar surface area (TPSA) is 38.5 Å². The highest BCUT2D eigenvalue weighted by Crippen LogP contribution is 2.35. The van der Waals surface area contributed by atoms with Gasteiger partial charge in [-0.05, 0) is 26.0 Å². The van der Waals surface area contributed by atoms with E-state index in [0.29, 0.717) is 0 Å². The average Bonchev–Trinajstić information content (AvgIpc) is 2.15. The van der Waals surface area contributed by atoms with Gasteiger partial charge in [-0.25, -0.2) is 0 Å². The van der Waals surface area contributed by atoms with E-state index in [1.807, 2.05) is 25.1 Å². The molecule has 0 aromatic heterocycles. The van der Waals surface area contributed by atoms with E-state index in [9.17, 15) is 0 Å². The molecule has 0 amide bonds. The average molecular weight is 218 g/mol. The van der Waals surface area contributed by atoms with Crippen LogP contribution < -0.4 is 15.4 Å². The van der Waals surface area contributed by atoms with Crippen LogP contribution in [-0.2, 0) is 0 Å². The molecule has 1 aromatic rings. The van der Waals surface area contributed by atoms with Crippen LogP contribution in [0.4, 0.5) is 11.4 Å². The van der Waals surface area contributed by atoms with Crippen molar-refractivity contribution in [2.75, 3.05) is 23.7 Å². The summed E-state index contributed by atoms with van der Waals surface area (Å²) in [7, 11) is 0. The molecule has 3 nitrogen and oxygen atoms in total. The van der Waals surface area contributed by atoms with Crippen LogP contribution >= 0.6 is 0 Å². The van der Waals surface area contributed by atoms with Gasteiger partial charge in [-0.3, -0.25) is 0 Å². The second kappa shape index (κ2) is 4.08. The van der Waals surface area contributed by atoms with E-state index >= 15 is 0 Å². The van der Waals surface area contributed by atoms with Gasteiger partial charge in [0.2, 0.25) is 0 Å². The van der Waals surface area contributed by atoms with Crippen LogP contribution in [0.3, 0.4) is 0 Å². The van der Waals surface area contributed by atoms with Crippen LogP contribution in [0.5, 0.6) is 5.75 Å². The minimum absolute atomic E-state index is 0.189. The molecule has 0 bridgehead atoms. The van der Waals surface area contributed by atoms with Crippen molar-refractivity contribution in [1.82, 2.24) is 0 Å². The van der Waals surface area contributed by atoms with Crippen molar-refractivity contribution in [1.29, 1.82) is 0 Å². The van der Waals surface area contributed by atoms with Gasteiger partial charge in [0.25, 0.3) is 0 Å². The van der Waals surface area contributed by atoms with Crippen LogP contribution in [-0.4, -0.2) is 19.2 Å². The molecule has 1 atom stereocenters. The molecule has 0 saturated carbocycles. The lowest BCUT2D eigenvalue weighted by Gasteiger charge is -2.35. The SMILES string of the molecule is C=C(C)CN1CC(C)Oc2cc(N)ccc21. The summed E-state index contributed by atoms with van der Waals surface area (Å²) in [4.78, 5) is 2.28. The standard InChI is InChI=1S/C13H18N2O/c1-9(2)7-15-8-10(3)16-13-6-11(14)4-5-12(13)15/h4-6,10H,1,7-8,14H2,2-3H3. The monoisotopic (exact) mass is 218 g/mol. The first kappa shape index (κ1) is 10.9. The van der Waals surface area contributed by atoms with E-state index < -0.39 is 0 Å². The summed E-state index contributed by atoms with van der Waals surface area (Å²) in [5.74, 6) is 0.875. The lowest BCUT2D eigenvalue weighted by molar-refractivity contribution is 0.214. The van der Waals surface area contributed by atoms with Gasteiger partial charge in [0.05, 0.1) is 12.2 Å². The molecular formula is C13H18N2O. The van der Waals surface area contributed by atoms with Gasteiger partial charge in [0.1, 0.15) is 11.9 Å². The molecule has 1 aromatic carbocycles. The number of anilines is 2. The highest BCUT2D eigenvalue weighted by atomic mass is 16.5. The molecule has 0 aliphatic carbocycles. The zero-order valence-electron chi connectivity index (χ0n) is 9.86. The predicted octanol–water partition coefficient (Wildman–Crippen LogP) is 2.43. The first-order valence-corrected chi connectivity index (χ1v) is 5.52. The third-order valence-corrected chi connectivity index (χ3v) is 2.59. The normalized spacial score (nSPS) is 18.9. The van der Waals surface area contributed by atoms with E-state index in [-0.39, 0.29) is 6.10 Å². The second-order valence-corrected chi connectivity index (χ2v) is 4.49. The van der Waals surface area contributed by atoms with E-state index in [0.717, 1.165) is 35.8 Å². The van der Waals surface area contributed by atoms with Gasteiger partial charge in [0, 0.05) is 18.3 Å². The Balaban J connectivity index is 2.34. The Morgan fingerprint density at radius 2 is 2.38 bits per heavy atom. The van der Waals surface area contributed by atoms with Gasteiger partial charge in [-0.15, -0.1) is 0 Å². The highest BCUT2D eigenvalue weighted by Gasteiger charge is 2.22. The van der Waals surface area contributed by atoms with Gasteiger partial charge in [-0.1, -0.05) is 12.2 Å². The minimum Gasteiger partial charge on any atom is -0.487 e. The van der Waals surface area contributed by atoms with Crippen molar-refractivity contribution in [3.05, 3.63) is 30.4 Å². The quantitative estimate of drug-likeness (QED) is 0.612. The summed E-state index contributed by atoms with van der Waals surface area (Å²) in [5.41, 5.74) is 8.75. The molecule has 0 fully saturated rings. The molecule has 1 aliphatic heterocycles. The Morgan fingerprint density at radius 3 is 3.06 bits per heavy atom. The second-order valence-electron chi connectivity index (χ2n) is 4.49. The molecular weight excluding hydrogens is 200 g/mol. The fraction of sp³-hybridized carbons (Fsp3) is 0.385. The third kappa shape index (κ3) is 2.13. The number of nitrogens with zero attached hydrogens (tertiary/aromatic N) is 1. The Hall–Kier alpha value is -1.64. The minimum atomic E-state index is 0.189. The van der Waals surface area contributed by atoms with Gasteiger partial charge < -0.3 is 15.4 Å². The van der Waals surface area contributed by atoms with Crippen LogP contribution in [0.15, 0.2) is 30.4 Å². The van der Waals surface area contributed by atoms with Crippen molar-refractivity contribution in [3.8, 4) is 5.75 Å². The molecule has 0 spiro atoms. The summed E-state index contributed by atoms with van der Waals surface area (Å²) in [6.45, 7) is 9.82. The largest absolute Gasteiger partial charge is 0.487 e. The zero-order chi connectivity index (χ0) is 11.7. The Morgan fingerprint density at radius 1 is 1.62 bits per heavy atom. The fourth-order valence-electron chi connectivity index (χ4n) is 2.02. The molecule has 0 radical (unpaired) electrons. The summed E-state index contributed by atoms with van der Waals surface area (Å²) in [5, 5.41) is 0. The zero-order valence-corrected chi connectivity index (χ0v) is 9.86. The molecule has 1 aliphatic rings. The fourth-order valence-corrected chi connectivity index (χ4v) is 2.02. The smallest absolute Gasteiger partial charge is 0.145 e. The van der Waals surface area contributed by atoms with Gasteiger partial charge in [0.15, 0.2) is 0 Å². The summed E-state index contributed by atoms with van der Waals surface area (Å²) in [6.07, 6.45) is 0.189. The summed E-state index contributed by atoms with van der Waals surface area (Å²) >= 11 is 0. The number of nitrogen functional groups attached to an aromatic ring is 1. The van der Waals surface area contributed by atoms with Crippen LogP contribution in [0.2, 0.25) is 0 Å². The Bertz CT molecular complexity index is 414. The van der Waals surface area contributed by atoms with E-state index in [4.69, 9.17) is 10.5 Å². The number of hydrogen-bond donors (Lipinski definition) is 1. The molecule has 2 N–H and O–H groups in total. The van der Waals surface area contributed by atoms with E-state index in [2.05, 4.69) is 18.4 Å². The number of fused-ring (bicyclic) bond motifs is 1. The maximum Gasteiger partial charge on any atom is 0.145 e. The van der Waals surface area contributed by atoms with Crippen LogP contribution in [0, 0.1) is 0 Å². The Kier molecular flexibility index (Phi) is 2.77. The van der Waals surface area contributed by atoms with E-state index in [1.54, 1.807) is 0 Å². The molecule has 86 valence electrons. The molecule has 16 heavy (non-hydrogen) atoms. The first-order chi connectivity index (χ1) is 7.56. The molecule has 3 heteroatoms. The molecule has 1 heterocycles. The van der Waals surface area contributed by atoms with Crippen molar-refractivity contribution in [2.45, 2.75) is 20.0 Å². The molecule has 2 rings (SSSR count). The van der Waals surface area contributed by atoms with Crippen LogP contribution in [0.25, 0.3) is 0 Å². The van der Waals surface area contributed by atoms with Crippen molar-refractivity contribution >= 4 is 11.4 Å². The number of hydrogen-bond acceptors (Lipinski definition) is 3. The summed E-state index contributed by atoms with van der Waals surface area (Å²) < 4.78 is 5.77. The summed E-state index contributed by atoms with van der Waals surface area (Å²) in [6, 6.07) is 5.81. The highest BCUT2D eigenvalue weighted by molar-refractivity contribution is 5.65. The molecule has 1 unspecified atom stereocenters. The number of benzene rings is 1. The molecule has 0 saturated heterocycles. The number of rotatable bonds is 2. The van der Waals surface area contributed by atoms with Crippen molar-refractivity contribution in [3.63, 3.8) is 0 Å². The van der Waals surface area contributed by atoms with E-state index in [1.165, 1.54) is 0 Å². The lowest BCUT2D eigenvalue weighted by atomic mass is 10.1. The van der Waals surface area contributed by atoms with Gasteiger partial charge in [-0.2, -0.15) is 0 Å². The van der Waals surface area contributed by atoms with Crippen LogP contribution in [0.1, 0.15) is 13.8 Å². The lowest BCUT2D eigenvalue weighted by Crippen LogP contribution is -2.39. The maximum absolute atomic E-state index is 5.77.